The monoisotopic (exact) mass is 558 g/mol. The lowest BCUT2D eigenvalue weighted by atomic mass is 10.1. The predicted octanol–water partition coefficient (Wildman–Crippen LogP) is 9.84. The molecule has 0 atom stereocenters. The Hall–Kier alpha value is -5.55. The van der Waals surface area contributed by atoms with Crippen LogP contribution in [0.25, 0.3) is 27.6 Å². The van der Waals surface area contributed by atoms with Crippen LogP contribution in [0.5, 0.6) is 11.5 Å². The molecule has 0 unspecified atom stereocenters. The lowest BCUT2D eigenvalue weighted by molar-refractivity contribution is 0.483. The summed E-state index contributed by atoms with van der Waals surface area (Å²) in [7, 11) is 0. The summed E-state index contributed by atoms with van der Waals surface area (Å²) in [4.78, 5) is 9.39. The maximum Gasteiger partial charge on any atom is 0.137 e. The maximum atomic E-state index is 6.53. The number of hydrogen-bond acceptors (Lipinski definition) is 4. The van der Waals surface area contributed by atoms with E-state index in [2.05, 4.69) is 136 Å². The average molecular weight is 559 g/mol. The van der Waals surface area contributed by atoms with E-state index in [1.807, 2.05) is 30.5 Å². The number of ether oxygens (including phenoxy) is 1. The summed E-state index contributed by atoms with van der Waals surface area (Å²) in [6.07, 6.45) is 1.83. The summed E-state index contributed by atoms with van der Waals surface area (Å²) < 4.78 is 8.74. The first-order chi connectivity index (χ1) is 21.1. The lowest BCUT2D eigenvalue weighted by Crippen LogP contribution is -2.24. The van der Waals surface area contributed by atoms with Crippen LogP contribution < -0.4 is 14.5 Å². The number of benzene rings is 5. The van der Waals surface area contributed by atoms with Crippen LogP contribution in [0.3, 0.4) is 0 Å². The Morgan fingerprint density at radius 3 is 2.05 bits per heavy atom. The van der Waals surface area contributed by atoms with Gasteiger partial charge in [0.1, 0.15) is 24.0 Å². The van der Waals surface area contributed by atoms with Crippen LogP contribution in [0, 0.1) is 13.8 Å². The number of aromatic nitrogens is 2. The van der Waals surface area contributed by atoms with Gasteiger partial charge in [-0.05, 0) is 91.7 Å². The van der Waals surface area contributed by atoms with Gasteiger partial charge in [0.2, 0.25) is 0 Å². The maximum absolute atomic E-state index is 6.53. The predicted molar refractivity (Wildman–Crippen MR) is 177 cm³/mol. The molecule has 0 radical (unpaired) electrons. The highest BCUT2D eigenvalue weighted by Gasteiger charge is 2.28. The van der Waals surface area contributed by atoms with Gasteiger partial charge in [0, 0.05) is 40.5 Å². The molecule has 5 heteroatoms. The van der Waals surface area contributed by atoms with Gasteiger partial charge in [-0.3, -0.25) is 4.57 Å². The van der Waals surface area contributed by atoms with E-state index >= 15 is 0 Å². The van der Waals surface area contributed by atoms with E-state index < -0.39 is 0 Å². The molecule has 0 amide bonds. The van der Waals surface area contributed by atoms with Crippen molar-refractivity contribution in [3.05, 3.63) is 145 Å². The van der Waals surface area contributed by atoms with Gasteiger partial charge >= 0.3 is 0 Å². The molecule has 0 N–H and O–H groups in total. The van der Waals surface area contributed by atoms with Crippen LogP contribution in [0.15, 0.2) is 134 Å². The van der Waals surface area contributed by atoms with E-state index in [1.54, 1.807) is 0 Å². The zero-order valence-electron chi connectivity index (χ0n) is 24.1. The van der Waals surface area contributed by atoms with Crippen molar-refractivity contribution in [2.75, 3.05) is 16.5 Å². The lowest BCUT2D eigenvalue weighted by Gasteiger charge is -2.23. The normalized spacial score (nSPS) is 12.7. The zero-order valence-corrected chi connectivity index (χ0v) is 24.1. The Balaban J connectivity index is 1.16. The number of fused-ring (bicyclic) bond motifs is 4. The van der Waals surface area contributed by atoms with Crippen molar-refractivity contribution in [2.45, 2.75) is 13.8 Å². The first kappa shape index (κ1) is 25.2. The molecular formula is C38H30N4O. The molecule has 208 valence electrons. The van der Waals surface area contributed by atoms with E-state index in [1.165, 1.54) is 39.0 Å². The fourth-order valence-corrected chi connectivity index (χ4v) is 6.36. The number of hydrogen-bond donors (Lipinski definition) is 0. The van der Waals surface area contributed by atoms with Crippen LogP contribution in [-0.4, -0.2) is 16.2 Å². The molecule has 0 aliphatic carbocycles. The second-order valence-corrected chi connectivity index (χ2v) is 11.2. The fourth-order valence-electron chi connectivity index (χ4n) is 6.36. The number of nitrogens with zero attached hydrogens (tertiary/aromatic N) is 4. The van der Waals surface area contributed by atoms with E-state index in [0.717, 1.165) is 40.7 Å². The molecule has 3 heterocycles. The quantitative estimate of drug-likeness (QED) is 0.211. The van der Waals surface area contributed by atoms with Crippen molar-refractivity contribution >= 4 is 44.6 Å². The molecule has 0 saturated carbocycles. The molecule has 0 bridgehead atoms. The summed E-state index contributed by atoms with van der Waals surface area (Å²) >= 11 is 0. The third-order valence-corrected chi connectivity index (χ3v) is 8.15. The smallest absolute Gasteiger partial charge is 0.137 e. The Morgan fingerprint density at radius 2 is 1.26 bits per heavy atom. The summed E-state index contributed by atoms with van der Waals surface area (Å²) in [5.41, 5.74) is 9.38. The van der Waals surface area contributed by atoms with Crippen LogP contribution >= 0.6 is 0 Å². The molecule has 0 saturated heterocycles. The van der Waals surface area contributed by atoms with Crippen molar-refractivity contribution in [2.24, 2.45) is 0 Å². The van der Waals surface area contributed by atoms with Gasteiger partial charge in [-0.2, -0.15) is 0 Å². The second-order valence-electron chi connectivity index (χ2n) is 11.2. The third-order valence-electron chi connectivity index (χ3n) is 8.15. The molecular weight excluding hydrogens is 528 g/mol. The molecule has 1 aliphatic rings. The fraction of sp³-hybridized carbons (Fsp3) is 0.0789. The van der Waals surface area contributed by atoms with E-state index in [-0.39, 0.29) is 0 Å². The van der Waals surface area contributed by atoms with Crippen molar-refractivity contribution in [3.63, 3.8) is 0 Å². The molecule has 7 aromatic rings. The van der Waals surface area contributed by atoms with Crippen molar-refractivity contribution in [1.29, 1.82) is 0 Å². The van der Waals surface area contributed by atoms with Crippen molar-refractivity contribution in [3.8, 4) is 17.3 Å². The highest BCUT2D eigenvalue weighted by atomic mass is 16.5. The largest absolute Gasteiger partial charge is 0.457 e. The van der Waals surface area contributed by atoms with Gasteiger partial charge in [0.15, 0.2) is 0 Å². The van der Waals surface area contributed by atoms with E-state index in [0.29, 0.717) is 0 Å². The Labute approximate surface area is 250 Å². The van der Waals surface area contributed by atoms with Gasteiger partial charge in [-0.25, -0.2) is 4.98 Å². The first-order valence-corrected chi connectivity index (χ1v) is 14.6. The standard InChI is InChI=1S/C38H30N4O/c1-26-20-27(2)22-29(21-26)41-25-40(35-14-5-6-15-36(35)41)28-10-9-11-30(23-28)43-31-17-18-33-32-12-3-4-13-34(32)42(37(33)24-31)38-16-7-8-19-39-38/h3-24H,25H2,1-2H3. The van der Waals surface area contributed by atoms with Crippen LogP contribution in [0.4, 0.5) is 22.7 Å². The number of anilines is 4. The number of para-hydroxylation sites is 3. The van der Waals surface area contributed by atoms with Gasteiger partial charge in [-0.1, -0.05) is 48.5 Å². The minimum absolute atomic E-state index is 0.724. The summed E-state index contributed by atoms with van der Waals surface area (Å²) in [5.74, 6) is 2.46. The van der Waals surface area contributed by atoms with Gasteiger partial charge in [0.25, 0.3) is 0 Å². The molecule has 2 aromatic heterocycles. The summed E-state index contributed by atoms with van der Waals surface area (Å²) in [6.45, 7) is 5.04. The number of aryl methyl sites for hydroxylation is 2. The van der Waals surface area contributed by atoms with E-state index in [4.69, 9.17) is 4.74 Å². The van der Waals surface area contributed by atoms with Crippen molar-refractivity contribution in [1.82, 2.24) is 9.55 Å². The highest BCUT2D eigenvalue weighted by Crippen LogP contribution is 2.45. The van der Waals surface area contributed by atoms with Crippen LogP contribution in [0.2, 0.25) is 0 Å². The molecule has 8 rings (SSSR count). The van der Waals surface area contributed by atoms with Gasteiger partial charge in [0.05, 0.1) is 22.4 Å². The SMILES string of the molecule is Cc1cc(C)cc(N2CN(c3cccc(Oc4ccc5c6ccccc6n(-c6ccccn6)c5c4)c3)c3ccccc32)c1. The third kappa shape index (κ3) is 4.37. The second kappa shape index (κ2) is 10.1. The van der Waals surface area contributed by atoms with Crippen molar-refractivity contribution < 1.29 is 4.74 Å². The number of rotatable bonds is 5. The van der Waals surface area contributed by atoms with E-state index in [9.17, 15) is 0 Å². The summed E-state index contributed by atoms with van der Waals surface area (Å²) in [5, 5.41) is 2.36. The summed E-state index contributed by atoms with van der Waals surface area (Å²) in [6, 6.07) is 44.5. The minimum Gasteiger partial charge on any atom is -0.457 e. The first-order valence-electron chi connectivity index (χ1n) is 14.6. The van der Waals surface area contributed by atoms with Gasteiger partial charge < -0.3 is 14.5 Å². The Bertz CT molecular complexity index is 2110. The number of pyridine rings is 1. The van der Waals surface area contributed by atoms with Gasteiger partial charge in [-0.15, -0.1) is 0 Å². The molecule has 5 aromatic carbocycles. The van der Waals surface area contributed by atoms with Crippen LogP contribution in [0.1, 0.15) is 11.1 Å². The average Bonchev–Trinajstić information content (AvgIpc) is 3.57. The topological polar surface area (TPSA) is 33.5 Å². The Morgan fingerprint density at radius 1 is 0.558 bits per heavy atom. The van der Waals surface area contributed by atoms with Crippen LogP contribution in [-0.2, 0) is 0 Å². The molecule has 5 nitrogen and oxygen atoms in total. The minimum atomic E-state index is 0.724. The molecule has 1 aliphatic heterocycles. The molecule has 0 fully saturated rings. The molecule has 0 spiro atoms. The highest BCUT2D eigenvalue weighted by molar-refractivity contribution is 6.09. The zero-order chi connectivity index (χ0) is 28.9. The Kier molecular flexibility index (Phi) is 5.90. The molecule has 43 heavy (non-hydrogen) atoms.